The third-order valence-electron chi connectivity index (χ3n) is 18.2. The number of carbonyl (C=O) groups excluding carboxylic acids is 2. The highest BCUT2D eigenvalue weighted by molar-refractivity contribution is 5.76. The second kappa shape index (κ2) is 74.5. The Bertz CT molecular complexity index is 1380. The van der Waals surface area contributed by atoms with Crippen LogP contribution in [0.3, 0.4) is 0 Å². The van der Waals surface area contributed by atoms with E-state index in [1.165, 1.54) is 347 Å². The lowest BCUT2D eigenvalue weighted by molar-refractivity contribution is -0.143. The fourth-order valence-corrected chi connectivity index (χ4v) is 12.3. The van der Waals surface area contributed by atoms with Gasteiger partial charge in [0.15, 0.2) is 0 Å². The number of carbonyl (C=O) groups is 2. The Morgan fingerprint density at radius 1 is 0.329 bits per heavy atom. The Hall–Kier alpha value is -1.92. The molecule has 2 unspecified atom stereocenters. The Morgan fingerprint density at radius 3 is 0.929 bits per heavy atom. The average molecular weight is 1200 g/mol. The predicted molar refractivity (Wildman–Crippen MR) is 375 cm³/mol. The summed E-state index contributed by atoms with van der Waals surface area (Å²) in [6, 6.07) is -0.540. The van der Waals surface area contributed by atoms with Crippen molar-refractivity contribution in [1.29, 1.82) is 0 Å². The first kappa shape index (κ1) is 83.1. The van der Waals surface area contributed by atoms with Crippen LogP contribution in [0.1, 0.15) is 431 Å². The molecule has 2 atom stereocenters. The lowest BCUT2D eigenvalue weighted by atomic mass is 10.0. The largest absolute Gasteiger partial charge is 0.466 e. The van der Waals surface area contributed by atoms with Gasteiger partial charge in [-0.3, -0.25) is 9.59 Å². The number of ether oxygens (including phenoxy) is 1. The minimum atomic E-state index is -0.663. The van der Waals surface area contributed by atoms with Crippen LogP contribution < -0.4 is 5.32 Å². The molecule has 3 N–H and O–H groups in total. The maximum atomic E-state index is 12.6. The number of amides is 1. The van der Waals surface area contributed by atoms with Gasteiger partial charge in [0, 0.05) is 12.8 Å². The zero-order valence-electron chi connectivity index (χ0n) is 57.6. The van der Waals surface area contributed by atoms with E-state index in [0.717, 1.165) is 51.4 Å². The molecule has 1 amide bonds. The van der Waals surface area contributed by atoms with Crippen LogP contribution in [0.5, 0.6) is 0 Å². The van der Waals surface area contributed by atoms with Gasteiger partial charge in [-0.2, -0.15) is 0 Å². The minimum Gasteiger partial charge on any atom is -0.466 e. The van der Waals surface area contributed by atoms with Crippen LogP contribution in [0.25, 0.3) is 0 Å². The summed E-state index contributed by atoms with van der Waals surface area (Å²) in [7, 11) is 0. The molecule has 0 aliphatic heterocycles. The maximum Gasteiger partial charge on any atom is 0.305 e. The summed E-state index contributed by atoms with van der Waals surface area (Å²) in [5, 5.41) is 23.4. The molecule has 0 aromatic heterocycles. The quantitative estimate of drug-likeness (QED) is 0.0320. The van der Waals surface area contributed by atoms with Gasteiger partial charge >= 0.3 is 5.97 Å². The van der Waals surface area contributed by atoms with Crippen molar-refractivity contribution in [1.82, 2.24) is 5.32 Å². The Labute approximate surface area is 532 Å². The third-order valence-corrected chi connectivity index (χ3v) is 18.2. The number of nitrogens with one attached hydrogen (secondary N) is 1. The molecule has 0 aromatic rings. The number of hydrogen-bond donors (Lipinski definition) is 3. The molecule has 0 saturated carbocycles. The second-order valence-corrected chi connectivity index (χ2v) is 26.7. The van der Waals surface area contributed by atoms with Gasteiger partial charge in [0.1, 0.15) is 0 Å². The van der Waals surface area contributed by atoms with Crippen molar-refractivity contribution < 1.29 is 24.5 Å². The fraction of sp³-hybridized carbons (Fsp3) is 0.899. The summed E-state index contributed by atoms with van der Waals surface area (Å²) in [6.45, 7) is 4.96. The molecule has 6 heteroatoms. The van der Waals surface area contributed by atoms with E-state index in [-0.39, 0.29) is 18.5 Å². The summed E-state index contributed by atoms with van der Waals surface area (Å²) >= 11 is 0. The first-order valence-corrected chi connectivity index (χ1v) is 38.7. The van der Waals surface area contributed by atoms with Crippen molar-refractivity contribution in [3.8, 4) is 0 Å². The van der Waals surface area contributed by atoms with Gasteiger partial charge in [-0.05, 0) is 83.5 Å². The number of aliphatic hydroxyl groups is 2. The summed E-state index contributed by atoms with van der Waals surface area (Å²) in [5.74, 6) is -0.0221. The van der Waals surface area contributed by atoms with E-state index in [0.29, 0.717) is 25.9 Å². The van der Waals surface area contributed by atoms with Gasteiger partial charge in [-0.25, -0.2) is 0 Å². The van der Waals surface area contributed by atoms with Crippen LogP contribution in [0, 0.1) is 0 Å². The highest BCUT2D eigenvalue weighted by Gasteiger charge is 2.20. The van der Waals surface area contributed by atoms with Gasteiger partial charge in [0.25, 0.3) is 0 Å². The highest BCUT2D eigenvalue weighted by Crippen LogP contribution is 2.19. The van der Waals surface area contributed by atoms with E-state index < -0.39 is 12.1 Å². The van der Waals surface area contributed by atoms with Gasteiger partial charge < -0.3 is 20.3 Å². The lowest BCUT2D eigenvalue weighted by Gasteiger charge is -2.22. The predicted octanol–water partition coefficient (Wildman–Crippen LogP) is 25.4. The molecule has 0 aliphatic carbocycles. The van der Waals surface area contributed by atoms with Crippen LogP contribution in [-0.2, 0) is 14.3 Å². The zero-order chi connectivity index (χ0) is 61.3. The Balaban J connectivity index is 3.35. The van der Waals surface area contributed by atoms with Crippen molar-refractivity contribution >= 4 is 11.9 Å². The topological polar surface area (TPSA) is 95.9 Å². The van der Waals surface area contributed by atoms with Crippen molar-refractivity contribution in [3.63, 3.8) is 0 Å². The molecule has 0 saturated heterocycles. The Morgan fingerprint density at radius 2 is 0.588 bits per heavy atom. The molecule has 0 spiro atoms. The van der Waals surface area contributed by atoms with Crippen molar-refractivity contribution in [2.45, 2.75) is 443 Å². The first-order chi connectivity index (χ1) is 42.0. The van der Waals surface area contributed by atoms with E-state index >= 15 is 0 Å². The van der Waals surface area contributed by atoms with Gasteiger partial charge in [0.2, 0.25) is 5.91 Å². The van der Waals surface area contributed by atoms with Crippen molar-refractivity contribution in [2.24, 2.45) is 0 Å². The van der Waals surface area contributed by atoms with Crippen molar-refractivity contribution in [3.05, 3.63) is 36.5 Å². The molecule has 85 heavy (non-hydrogen) atoms. The van der Waals surface area contributed by atoms with E-state index in [4.69, 9.17) is 4.74 Å². The summed E-state index contributed by atoms with van der Waals surface area (Å²) in [5.41, 5.74) is 0. The Kier molecular flexibility index (Phi) is 72.9. The average Bonchev–Trinajstić information content (AvgIpc) is 3.51. The molecule has 0 fully saturated rings. The number of aliphatic hydroxyl groups excluding tert-OH is 2. The lowest BCUT2D eigenvalue weighted by Crippen LogP contribution is -2.45. The van der Waals surface area contributed by atoms with Crippen molar-refractivity contribution in [2.75, 3.05) is 13.2 Å². The second-order valence-electron chi connectivity index (χ2n) is 26.7. The number of rotatable bonds is 73. The molecular formula is C79H151NO5. The summed E-state index contributed by atoms with van der Waals surface area (Å²) in [4.78, 5) is 24.6. The van der Waals surface area contributed by atoms with Gasteiger partial charge in [0.05, 0.1) is 25.4 Å². The third kappa shape index (κ3) is 71.0. The number of hydrogen-bond acceptors (Lipinski definition) is 5. The molecule has 0 heterocycles. The molecular weight excluding hydrogens is 1040 g/mol. The van der Waals surface area contributed by atoms with Crippen LogP contribution in [-0.4, -0.2) is 47.4 Å². The molecule has 0 aromatic carbocycles. The number of allylic oxidation sites excluding steroid dienone is 6. The maximum absolute atomic E-state index is 12.6. The van der Waals surface area contributed by atoms with Gasteiger partial charge in [-0.1, -0.05) is 371 Å². The molecule has 0 aliphatic rings. The zero-order valence-corrected chi connectivity index (χ0v) is 57.6. The molecule has 0 bridgehead atoms. The van der Waals surface area contributed by atoms with E-state index in [2.05, 4.69) is 55.6 Å². The first-order valence-electron chi connectivity index (χ1n) is 38.7. The fourth-order valence-electron chi connectivity index (χ4n) is 12.3. The van der Waals surface area contributed by atoms with Crippen LogP contribution >= 0.6 is 0 Å². The molecule has 0 radical (unpaired) electrons. The molecule has 6 nitrogen and oxygen atoms in total. The summed E-state index contributed by atoms with van der Waals surface area (Å²) < 4.78 is 5.49. The van der Waals surface area contributed by atoms with Crippen LogP contribution in [0.2, 0.25) is 0 Å². The highest BCUT2D eigenvalue weighted by atomic mass is 16.5. The standard InChI is InChI=1S/C79H151NO5/c1-3-5-7-9-11-13-15-17-19-20-21-37-40-44-47-51-55-59-63-67-71-77(82)76(75-81)80-78(83)72-68-64-60-56-52-48-45-41-38-35-33-31-29-27-25-23-22-24-26-28-30-32-34-36-39-42-46-50-54-58-62-66-70-74-85-79(84)73-69-65-61-57-53-49-43-18-16-14-12-10-8-6-4-2/h12,14,18,26,28,43,76-77,81-82H,3-11,13,15-17,19-25,27,29-42,44-75H2,1-2H3,(H,80,83)/b14-12-,28-26-,43-18-. The monoisotopic (exact) mass is 1190 g/mol. The molecule has 502 valence electrons. The van der Waals surface area contributed by atoms with Crippen LogP contribution in [0.4, 0.5) is 0 Å². The van der Waals surface area contributed by atoms with E-state index in [9.17, 15) is 19.8 Å². The number of unbranched alkanes of at least 4 members (excludes halogenated alkanes) is 56. The van der Waals surface area contributed by atoms with E-state index in [1.54, 1.807) is 0 Å². The van der Waals surface area contributed by atoms with Gasteiger partial charge in [-0.15, -0.1) is 0 Å². The van der Waals surface area contributed by atoms with Crippen LogP contribution in [0.15, 0.2) is 36.5 Å². The summed E-state index contributed by atoms with van der Waals surface area (Å²) in [6.07, 6.45) is 96.5. The minimum absolute atomic E-state index is 0.00524. The molecule has 0 rings (SSSR count). The normalized spacial score (nSPS) is 12.7. The van der Waals surface area contributed by atoms with E-state index in [1.807, 2.05) is 0 Å². The SMILES string of the molecule is CCCCC/C=C\C/C=C\CCCCCCCC(=O)OCCCCCCCCCCCCCC/C=C\CCCCCCCCCCCCCCCCCCCC(=O)NC(CO)C(O)CCCCCCCCCCCCCCCCCCCCCC. The smallest absolute Gasteiger partial charge is 0.305 e. The number of esters is 1.